The van der Waals surface area contributed by atoms with Gasteiger partial charge < -0.3 is 20.1 Å². The summed E-state index contributed by atoms with van der Waals surface area (Å²) in [6.45, 7) is 6.18. The Morgan fingerprint density at radius 2 is 1.85 bits per heavy atom. The topological polar surface area (TPSA) is 133 Å². The largest absolute Gasteiger partial charge is 0.494 e. The van der Waals surface area contributed by atoms with E-state index in [4.69, 9.17) is 9.73 Å². The Morgan fingerprint density at radius 1 is 1.12 bits per heavy atom. The normalized spacial score (nSPS) is 15.1. The molecule has 0 radical (unpaired) electrons. The van der Waals surface area contributed by atoms with Gasteiger partial charge in [0.1, 0.15) is 0 Å². The van der Waals surface area contributed by atoms with Crippen LogP contribution in [0.25, 0.3) is 10.9 Å². The number of nitro groups is 1. The third-order valence-corrected chi connectivity index (χ3v) is 7.39. The van der Waals surface area contributed by atoms with Crippen molar-refractivity contribution in [2.24, 2.45) is 10.9 Å². The predicted octanol–water partition coefficient (Wildman–Crippen LogP) is 5.64. The van der Waals surface area contributed by atoms with E-state index < -0.39 is 4.92 Å². The molecule has 2 heterocycles. The number of ether oxygens (including phenoxy) is 1. The summed E-state index contributed by atoms with van der Waals surface area (Å²) in [4.78, 5) is 34.1. The Kier molecular flexibility index (Phi) is 8.71. The van der Waals surface area contributed by atoms with Crippen LogP contribution in [0.4, 0.5) is 17.1 Å². The molecule has 0 spiro atoms. The minimum Gasteiger partial charge on any atom is -0.494 e. The van der Waals surface area contributed by atoms with Gasteiger partial charge in [0.15, 0.2) is 5.88 Å². The number of nitrogens with one attached hydrogen (secondary N) is 2. The molecule has 5 rings (SSSR count). The van der Waals surface area contributed by atoms with Gasteiger partial charge in [0.25, 0.3) is 5.69 Å². The van der Waals surface area contributed by atoms with Crippen molar-refractivity contribution in [3.8, 4) is 5.88 Å². The summed E-state index contributed by atoms with van der Waals surface area (Å²) in [7, 11) is 0. The lowest BCUT2D eigenvalue weighted by molar-refractivity contribution is -0.384. The van der Waals surface area contributed by atoms with Gasteiger partial charge in [-0.3, -0.25) is 19.8 Å². The Hall–Kier alpha value is -4.54. The Morgan fingerprint density at radius 3 is 2.54 bits per heavy atom. The lowest BCUT2D eigenvalue weighted by atomic mass is 10.0. The first kappa shape index (κ1) is 28.0. The van der Waals surface area contributed by atoms with Crippen LogP contribution in [0.1, 0.15) is 30.9 Å². The number of aromatic nitrogens is 1. The first-order chi connectivity index (χ1) is 19.9. The molecule has 212 valence electrons. The van der Waals surface area contributed by atoms with Crippen molar-refractivity contribution in [1.29, 1.82) is 0 Å². The molecule has 10 nitrogen and oxygen atoms in total. The summed E-state index contributed by atoms with van der Waals surface area (Å²) in [5.41, 5.74) is 3.31. The number of aromatic amines is 1. The van der Waals surface area contributed by atoms with Crippen LogP contribution < -0.4 is 5.32 Å². The predicted molar refractivity (Wildman–Crippen MR) is 159 cm³/mol. The third-order valence-electron chi connectivity index (χ3n) is 7.39. The van der Waals surface area contributed by atoms with E-state index in [9.17, 15) is 20.0 Å². The highest BCUT2D eigenvalue weighted by Gasteiger charge is 2.22. The van der Waals surface area contributed by atoms with Gasteiger partial charge in [-0.15, -0.1) is 0 Å². The molecule has 1 fully saturated rings. The van der Waals surface area contributed by atoms with E-state index in [0.29, 0.717) is 33.6 Å². The van der Waals surface area contributed by atoms with Crippen LogP contribution in [-0.4, -0.2) is 64.4 Å². The minimum absolute atomic E-state index is 0.00713. The average molecular weight is 556 g/mol. The zero-order valence-electron chi connectivity index (χ0n) is 22.9. The molecule has 3 aromatic carbocycles. The van der Waals surface area contributed by atoms with Gasteiger partial charge in [0.05, 0.1) is 35.1 Å². The Bertz CT molecular complexity index is 1540. The number of morpholine rings is 1. The third kappa shape index (κ3) is 6.62. The molecule has 1 aromatic heterocycles. The molecule has 0 aliphatic carbocycles. The number of amides is 1. The number of aromatic hydroxyl groups is 1. The smallest absolute Gasteiger partial charge is 0.270 e. The number of non-ortho nitro benzene ring substituents is 1. The highest BCUT2D eigenvalue weighted by molar-refractivity contribution is 6.22. The quantitative estimate of drug-likeness (QED) is 0.132. The van der Waals surface area contributed by atoms with Crippen molar-refractivity contribution < 1.29 is 19.6 Å². The standard InChI is InChI=1S/C31H33N5O5/c1-2-21(14-15-35-16-18-41-19-17-35)30(37)33-24-10-8-23(9-11-24)32-29(22-6-4-3-5-7-22)28-26-20-25(36(39)40)12-13-27(26)34-31(28)38/h3-13,20-21,34,38H,2,14-19H2,1H3,(H,33,37). The summed E-state index contributed by atoms with van der Waals surface area (Å²) < 4.78 is 5.41. The van der Waals surface area contributed by atoms with E-state index in [1.54, 1.807) is 30.3 Å². The summed E-state index contributed by atoms with van der Waals surface area (Å²) in [5, 5.41) is 25.8. The van der Waals surface area contributed by atoms with Gasteiger partial charge in [-0.25, -0.2) is 4.99 Å². The molecular formula is C31H33N5O5. The van der Waals surface area contributed by atoms with Gasteiger partial charge in [-0.2, -0.15) is 0 Å². The summed E-state index contributed by atoms with van der Waals surface area (Å²) in [6.07, 6.45) is 1.54. The molecule has 41 heavy (non-hydrogen) atoms. The molecule has 3 N–H and O–H groups in total. The van der Waals surface area contributed by atoms with Crippen LogP contribution in [0.3, 0.4) is 0 Å². The summed E-state index contributed by atoms with van der Waals surface area (Å²) >= 11 is 0. The molecule has 10 heteroatoms. The number of nitro benzene ring substituents is 1. The molecular weight excluding hydrogens is 522 g/mol. The maximum atomic E-state index is 13.0. The fourth-order valence-electron chi connectivity index (χ4n) is 5.06. The van der Waals surface area contributed by atoms with Gasteiger partial charge in [-0.1, -0.05) is 37.3 Å². The van der Waals surface area contributed by atoms with Gasteiger partial charge in [-0.05, 0) is 49.7 Å². The van der Waals surface area contributed by atoms with Gasteiger partial charge in [0.2, 0.25) is 5.91 Å². The molecule has 1 unspecified atom stereocenters. The Labute approximate surface area is 237 Å². The zero-order chi connectivity index (χ0) is 28.8. The number of rotatable bonds is 10. The van der Waals surface area contributed by atoms with Crippen molar-refractivity contribution in [2.75, 3.05) is 38.2 Å². The van der Waals surface area contributed by atoms with E-state index in [0.717, 1.165) is 51.3 Å². The first-order valence-electron chi connectivity index (χ1n) is 13.8. The van der Waals surface area contributed by atoms with E-state index in [1.165, 1.54) is 12.1 Å². The monoisotopic (exact) mass is 555 g/mol. The number of hydrogen-bond acceptors (Lipinski definition) is 7. The van der Waals surface area contributed by atoms with Crippen LogP contribution in [0, 0.1) is 16.0 Å². The maximum absolute atomic E-state index is 13.0. The number of carbonyl (C=O) groups is 1. The lowest BCUT2D eigenvalue weighted by Gasteiger charge is -2.27. The lowest BCUT2D eigenvalue weighted by Crippen LogP contribution is -2.38. The maximum Gasteiger partial charge on any atom is 0.270 e. The number of hydrogen-bond donors (Lipinski definition) is 3. The molecule has 0 saturated carbocycles. The molecule has 4 aromatic rings. The van der Waals surface area contributed by atoms with Gasteiger partial charge in [0, 0.05) is 53.3 Å². The van der Waals surface area contributed by atoms with Gasteiger partial charge >= 0.3 is 0 Å². The summed E-state index contributed by atoms with van der Waals surface area (Å²) in [6, 6.07) is 20.9. The summed E-state index contributed by atoms with van der Waals surface area (Å²) in [5.74, 6) is -0.226. The number of benzene rings is 3. The fourth-order valence-corrected chi connectivity index (χ4v) is 5.06. The van der Waals surface area contributed by atoms with Crippen molar-refractivity contribution in [3.63, 3.8) is 0 Å². The SMILES string of the molecule is CCC(CCN1CCOCC1)C(=O)Nc1ccc(N=C(c2ccccc2)c2c(O)[nH]c3ccc([N+](=O)[O-])cc23)cc1. The molecule has 1 aliphatic rings. The van der Waals surface area contributed by atoms with Crippen LogP contribution in [-0.2, 0) is 9.53 Å². The first-order valence-corrected chi connectivity index (χ1v) is 13.8. The molecule has 1 atom stereocenters. The van der Waals surface area contributed by atoms with Crippen molar-refractivity contribution in [3.05, 3.63) is 94.0 Å². The zero-order valence-corrected chi connectivity index (χ0v) is 22.9. The van der Waals surface area contributed by atoms with Crippen LogP contribution in [0.5, 0.6) is 5.88 Å². The second-order valence-corrected chi connectivity index (χ2v) is 10.0. The molecule has 0 bridgehead atoms. The van der Waals surface area contributed by atoms with E-state index in [2.05, 4.69) is 15.2 Å². The number of aliphatic imine (C=N–C) groups is 1. The number of nitrogens with zero attached hydrogens (tertiary/aromatic N) is 3. The van der Waals surface area contributed by atoms with E-state index >= 15 is 0 Å². The highest BCUT2D eigenvalue weighted by atomic mass is 16.6. The molecule has 1 amide bonds. The minimum atomic E-state index is -0.467. The second kappa shape index (κ2) is 12.8. The number of H-pyrrole nitrogens is 1. The number of anilines is 1. The van der Waals surface area contributed by atoms with E-state index in [-0.39, 0.29) is 23.4 Å². The highest BCUT2D eigenvalue weighted by Crippen LogP contribution is 2.33. The van der Waals surface area contributed by atoms with Crippen LogP contribution in [0.15, 0.2) is 77.8 Å². The second-order valence-electron chi connectivity index (χ2n) is 10.0. The van der Waals surface area contributed by atoms with E-state index in [1.807, 2.05) is 37.3 Å². The number of carbonyl (C=O) groups excluding carboxylic acids is 1. The van der Waals surface area contributed by atoms with Crippen LogP contribution in [0.2, 0.25) is 0 Å². The van der Waals surface area contributed by atoms with Crippen molar-refractivity contribution in [1.82, 2.24) is 9.88 Å². The van der Waals surface area contributed by atoms with Crippen molar-refractivity contribution >= 4 is 39.6 Å². The molecule has 1 saturated heterocycles. The number of fused-ring (bicyclic) bond motifs is 1. The molecule has 1 aliphatic heterocycles. The van der Waals surface area contributed by atoms with Crippen molar-refractivity contribution in [2.45, 2.75) is 19.8 Å². The Balaban J connectivity index is 1.39. The average Bonchev–Trinajstić information content (AvgIpc) is 3.32. The fraction of sp³-hybridized carbons (Fsp3) is 0.290. The van der Waals surface area contributed by atoms with Crippen LogP contribution >= 0.6 is 0 Å².